The Balaban J connectivity index is 1.36. The van der Waals surface area contributed by atoms with Gasteiger partial charge >= 0.3 is 0 Å². The van der Waals surface area contributed by atoms with Crippen molar-refractivity contribution < 1.29 is 13.9 Å². The summed E-state index contributed by atoms with van der Waals surface area (Å²) >= 11 is 1.38. The number of para-hydroxylation sites is 1. The maximum absolute atomic E-state index is 13.4. The van der Waals surface area contributed by atoms with E-state index in [0.29, 0.717) is 23.1 Å². The Kier molecular flexibility index (Phi) is 6.52. The van der Waals surface area contributed by atoms with Crippen LogP contribution in [0.3, 0.4) is 0 Å². The van der Waals surface area contributed by atoms with Crippen LogP contribution in [0.4, 0.5) is 4.39 Å². The minimum atomic E-state index is -0.294. The monoisotopic (exact) mass is 465 g/mol. The molecule has 33 heavy (non-hydrogen) atoms. The highest BCUT2D eigenvalue weighted by atomic mass is 32.2. The van der Waals surface area contributed by atoms with Gasteiger partial charge in [-0.1, -0.05) is 30.0 Å². The first-order chi connectivity index (χ1) is 16.2. The first-order valence-corrected chi connectivity index (χ1v) is 11.9. The number of hydrogen-bond donors (Lipinski definition) is 1. The van der Waals surface area contributed by atoms with E-state index in [1.54, 1.807) is 18.3 Å². The van der Waals surface area contributed by atoms with Gasteiger partial charge in [0.15, 0.2) is 16.8 Å². The molecule has 1 aliphatic heterocycles. The number of hydrogen-bond acceptors (Lipinski definition) is 6. The number of nitrogens with one attached hydrogen (secondary N) is 1. The molecule has 0 bridgehead atoms. The molecule has 0 atom stereocenters. The van der Waals surface area contributed by atoms with Crippen molar-refractivity contribution in [2.45, 2.75) is 11.7 Å². The summed E-state index contributed by atoms with van der Waals surface area (Å²) < 4.78 is 20.9. The average molecular weight is 466 g/mol. The molecule has 0 saturated carbocycles. The molecule has 0 amide bonds. The number of rotatable bonds is 8. The van der Waals surface area contributed by atoms with Crippen molar-refractivity contribution in [3.8, 4) is 11.4 Å². The maximum Gasteiger partial charge on any atom is 0.191 e. The lowest BCUT2D eigenvalue weighted by Crippen LogP contribution is -2.38. The number of ether oxygens (including phenoxy) is 1. The number of aromatic amines is 1. The highest BCUT2D eigenvalue weighted by Gasteiger charge is 2.19. The lowest BCUT2D eigenvalue weighted by molar-refractivity contribution is 0.0361. The van der Waals surface area contributed by atoms with Crippen LogP contribution in [0.5, 0.6) is 0 Å². The van der Waals surface area contributed by atoms with Crippen molar-refractivity contribution in [1.29, 1.82) is 0 Å². The second-order valence-corrected chi connectivity index (χ2v) is 8.82. The van der Waals surface area contributed by atoms with Crippen molar-refractivity contribution >= 4 is 28.4 Å². The number of thioether (sulfide) groups is 1. The lowest BCUT2D eigenvalue weighted by atomic mass is 10.1. The number of carbonyl (C=O) groups is 1. The Morgan fingerprint density at radius 2 is 1.85 bits per heavy atom. The fourth-order valence-corrected chi connectivity index (χ4v) is 4.83. The normalized spacial score (nSPS) is 14.7. The van der Waals surface area contributed by atoms with Gasteiger partial charge in [0.25, 0.3) is 0 Å². The number of morpholine rings is 1. The quantitative estimate of drug-likeness (QED) is 0.315. The minimum absolute atomic E-state index is 0.0310. The van der Waals surface area contributed by atoms with Crippen molar-refractivity contribution in [3.05, 3.63) is 66.1 Å². The molecule has 0 unspecified atom stereocenters. The summed E-state index contributed by atoms with van der Waals surface area (Å²) in [5.41, 5.74) is 2.41. The third-order valence-electron chi connectivity index (χ3n) is 5.78. The Morgan fingerprint density at radius 1 is 1.06 bits per heavy atom. The molecule has 5 rings (SSSR count). The summed E-state index contributed by atoms with van der Waals surface area (Å²) in [4.78, 5) is 18.5. The molecule has 1 N–H and O–H groups in total. The highest BCUT2D eigenvalue weighted by molar-refractivity contribution is 7.99. The van der Waals surface area contributed by atoms with Gasteiger partial charge in [0.1, 0.15) is 5.82 Å². The molecule has 9 heteroatoms. The predicted molar refractivity (Wildman–Crippen MR) is 126 cm³/mol. The van der Waals surface area contributed by atoms with Crippen LogP contribution >= 0.6 is 11.8 Å². The van der Waals surface area contributed by atoms with Gasteiger partial charge in [0, 0.05) is 54.4 Å². The zero-order valence-electron chi connectivity index (χ0n) is 18.0. The number of carbonyl (C=O) groups excluding carboxylic acids is 1. The van der Waals surface area contributed by atoms with E-state index in [2.05, 4.69) is 20.1 Å². The van der Waals surface area contributed by atoms with Crippen molar-refractivity contribution in [2.75, 3.05) is 38.6 Å². The van der Waals surface area contributed by atoms with E-state index in [0.717, 1.165) is 49.3 Å². The third kappa shape index (κ3) is 4.85. The number of halogens is 1. The third-order valence-corrected chi connectivity index (χ3v) is 6.75. The van der Waals surface area contributed by atoms with Gasteiger partial charge in [-0.25, -0.2) is 4.39 Å². The summed E-state index contributed by atoms with van der Waals surface area (Å²) in [5, 5.41) is 10.3. The summed E-state index contributed by atoms with van der Waals surface area (Å²) in [5.74, 6) is 0.659. The van der Waals surface area contributed by atoms with E-state index in [4.69, 9.17) is 4.74 Å². The van der Waals surface area contributed by atoms with Crippen LogP contribution in [0.15, 0.2) is 59.9 Å². The van der Waals surface area contributed by atoms with Crippen LogP contribution in [0.1, 0.15) is 10.4 Å². The fourth-order valence-electron chi connectivity index (χ4n) is 3.99. The molecule has 0 spiro atoms. The van der Waals surface area contributed by atoms with Gasteiger partial charge in [-0.2, -0.15) is 0 Å². The SMILES string of the molecule is O=C(CSc1nnc(-c2ccc(F)cc2)n1CCN1CCOCC1)c1c[nH]c2ccccc12. The fraction of sp³-hybridized carbons (Fsp3) is 0.292. The van der Waals surface area contributed by atoms with Crippen molar-refractivity contribution in [1.82, 2.24) is 24.6 Å². The zero-order valence-corrected chi connectivity index (χ0v) is 18.9. The summed E-state index contributed by atoms with van der Waals surface area (Å²) in [6.07, 6.45) is 1.76. The van der Waals surface area contributed by atoms with Crippen molar-refractivity contribution in [3.63, 3.8) is 0 Å². The van der Waals surface area contributed by atoms with E-state index in [9.17, 15) is 9.18 Å². The van der Waals surface area contributed by atoms with Gasteiger partial charge < -0.3 is 14.3 Å². The molecule has 1 fully saturated rings. The number of Topliss-reactive ketones (excluding diaryl/α,β-unsaturated/α-hetero) is 1. The number of fused-ring (bicyclic) bond motifs is 1. The molecule has 170 valence electrons. The molecular weight excluding hydrogens is 441 g/mol. The number of aromatic nitrogens is 4. The molecule has 0 aliphatic carbocycles. The topological polar surface area (TPSA) is 76.0 Å². The smallest absolute Gasteiger partial charge is 0.191 e. The number of benzene rings is 2. The van der Waals surface area contributed by atoms with Gasteiger partial charge in [0.05, 0.1) is 19.0 Å². The second kappa shape index (κ2) is 9.86. The predicted octanol–water partition coefficient (Wildman–Crippen LogP) is 3.87. The molecule has 4 aromatic rings. The largest absolute Gasteiger partial charge is 0.379 e. The summed E-state index contributed by atoms with van der Waals surface area (Å²) in [7, 11) is 0. The van der Waals surface area contributed by atoms with Gasteiger partial charge in [-0.15, -0.1) is 10.2 Å². The first kappa shape index (κ1) is 21.8. The molecular formula is C24H24FN5O2S. The van der Waals surface area contributed by atoms with E-state index < -0.39 is 0 Å². The minimum Gasteiger partial charge on any atom is -0.379 e. The second-order valence-electron chi connectivity index (χ2n) is 7.88. The number of nitrogens with zero attached hydrogens (tertiary/aromatic N) is 4. The van der Waals surface area contributed by atoms with Crippen LogP contribution in [0, 0.1) is 5.82 Å². The summed E-state index contributed by atoms with van der Waals surface area (Å²) in [6.45, 7) is 4.72. The van der Waals surface area contributed by atoms with Crippen LogP contribution in [-0.4, -0.2) is 69.0 Å². The first-order valence-electron chi connectivity index (χ1n) is 10.9. The van der Waals surface area contributed by atoms with Crippen LogP contribution < -0.4 is 0 Å². The number of ketones is 1. The summed E-state index contributed by atoms with van der Waals surface area (Å²) in [6, 6.07) is 14.0. The molecule has 2 aromatic carbocycles. The average Bonchev–Trinajstić information content (AvgIpc) is 3.47. The van der Waals surface area contributed by atoms with E-state index in [1.165, 1.54) is 23.9 Å². The van der Waals surface area contributed by atoms with Gasteiger partial charge in [0.2, 0.25) is 0 Å². The van der Waals surface area contributed by atoms with Gasteiger partial charge in [-0.3, -0.25) is 9.69 Å². The lowest BCUT2D eigenvalue weighted by Gasteiger charge is -2.27. The highest BCUT2D eigenvalue weighted by Crippen LogP contribution is 2.26. The van der Waals surface area contributed by atoms with Crippen LogP contribution in [0.2, 0.25) is 0 Å². The molecule has 1 aliphatic rings. The Labute approximate surface area is 195 Å². The Hall–Kier alpha value is -3.01. The zero-order chi connectivity index (χ0) is 22.6. The van der Waals surface area contributed by atoms with Gasteiger partial charge in [-0.05, 0) is 30.3 Å². The van der Waals surface area contributed by atoms with E-state index in [1.807, 2.05) is 28.8 Å². The molecule has 2 aromatic heterocycles. The standard InChI is InChI=1S/C24H24FN5O2S/c25-18-7-5-17(6-8-18)23-27-28-24(30(23)10-9-29-11-13-32-14-12-29)33-16-22(31)20-15-26-21-4-2-1-3-19(20)21/h1-8,15,26H,9-14,16H2. The maximum atomic E-state index is 13.4. The van der Waals surface area contributed by atoms with E-state index >= 15 is 0 Å². The van der Waals surface area contributed by atoms with E-state index in [-0.39, 0.29) is 17.4 Å². The molecule has 0 radical (unpaired) electrons. The van der Waals surface area contributed by atoms with Crippen LogP contribution in [0.25, 0.3) is 22.3 Å². The molecule has 7 nitrogen and oxygen atoms in total. The number of H-pyrrole nitrogens is 1. The molecule has 3 heterocycles. The Bertz CT molecular complexity index is 1250. The molecule has 1 saturated heterocycles. The van der Waals surface area contributed by atoms with Crippen molar-refractivity contribution in [2.24, 2.45) is 0 Å². The van der Waals surface area contributed by atoms with Crippen LogP contribution in [-0.2, 0) is 11.3 Å². The Morgan fingerprint density at radius 3 is 2.67 bits per heavy atom.